The van der Waals surface area contributed by atoms with Gasteiger partial charge in [-0.05, 0) is 24.3 Å². The van der Waals surface area contributed by atoms with Gasteiger partial charge in [0.25, 0.3) is 0 Å². The van der Waals surface area contributed by atoms with Crippen LogP contribution in [-0.2, 0) is 0 Å². The predicted molar refractivity (Wildman–Crippen MR) is 60.5 cm³/mol. The van der Waals surface area contributed by atoms with Crippen LogP contribution in [0.5, 0.6) is 0 Å². The lowest BCUT2D eigenvalue weighted by atomic mass is 10.3. The van der Waals surface area contributed by atoms with Crippen molar-refractivity contribution in [2.24, 2.45) is 5.84 Å². The molecule has 0 atom stereocenters. The van der Waals surface area contributed by atoms with Gasteiger partial charge in [0.05, 0.1) is 16.6 Å². The van der Waals surface area contributed by atoms with Crippen LogP contribution in [0.4, 0.5) is 10.2 Å². The van der Waals surface area contributed by atoms with Crippen molar-refractivity contribution in [3.63, 3.8) is 0 Å². The first-order chi connectivity index (χ1) is 7.81. The summed E-state index contributed by atoms with van der Waals surface area (Å²) in [7, 11) is 0. The quantitative estimate of drug-likeness (QED) is 0.482. The van der Waals surface area contributed by atoms with E-state index in [9.17, 15) is 4.39 Å². The molecular weight excluding hydrogens is 207 g/mol. The van der Waals surface area contributed by atoms with Gasteiger partial charge in [0.15, 0.2) is 11.8 Å². The minimum Gasteiger partial charge on any atom is -0.307 e. The summed E-state index contributed by atoms with van der Waals surface area (Å²) < 4.78 is 15.1. The standard InChI is InChI=1S/C11H9FN4/c12-10-6-5-9-11(15-13)14-7-3-1-2-4-8(7)16(9)10/h1-6H,13H2,(H,14,15). The van der Waals surface area contributed by atoms with Crippen LogP contribution in [0.15, 0.2) is 36.4 Å². The minimum atomic E-state index is -0.329. The van der Waals surface area contributed by atoms with Gasteiger partial charge in [-0.3, -0.25) is 4.40 Å². The van der Waals surface area contributed by atoms with E-state index in [0.29, 0.717) is 16.9 Å². The molecule has 0 unspecified atom stereocenters. The molecule has 80 valence electrons. The number of nitrogens with two attached hydrogens (primary N) is 1. The first kappa shape index (κ1) is 9.11. The molecule has 0 saturated carbocycles. The average molecular weight is 216 g/mol. The van der Waals surface area contributed by atoms with E-state index in [1.54, 1.807) is 6.07 Å². The Morgan fingerprint density at radius 2 is 1.94 bits per heavy atom. The number of hydrogen-bond donors (Lipinski definition) is 2. The fourth-order valence-corrected chi connectivity index (χ4v) is 1.87. The molecular formula is C11H9FN4. The Bertz CT molecular complexity index is 674. The number of nitrogens with zero attached hydrogens (tertiary/aromatic N) is 2. The monoisotopic (exact) mass is 216 g/mol. The van der Waals surface area contributed by atoms with Gasteiger partial charge in [0.2, 0.25) is 0 Å². The number of nitrogens with one attached hydrogen (secondary N) is 1. The highest BCUT2D eigenvalue weighted by Gasteiger charge is 2.10. The summed E-state index contributed by atoms with van der Waals surface area (Å²) >= 11 is 0. The van der Waals surface area contributed by atoms with E-state index in [1.165, 1.54) is 10.5 Å². The maximum atomic E-state index is 13.7. The van der Waals surface area contributed by atoms with E-state index >= 15 is 0 Å². The summed E-state index contributed by atoms with van der Waals surface area (Å²) in [5, 5.41) is 0. The highest BCUT2D eigenvalue weighted by molar-refractivity contribution is 5.84. The van der Waals surface area contributed by atoms with E-state index in [1.807, 2.05) is 24.3 Å². The fraction of sp³-hybridized carbons (Fsp3) is 0. The smallest absolute Gasteiger partial charge is 0.198 e. The molecule has 2 heterocycles. The Balaban J connectivity index is 2.60. The number of fused-ring (bicyclic) bond motifs is 3. The minimum absolute atomic E-state index is 0.329. The number of para-hydroxylation sites is 2. The molecule has 0 spiro atoms. The summed E-state index contributed by atoms with van der Waals surface area (Å²) in [4.78, 5) is 4.31. The van der Waals surface area contributed by atoms with Crippen molar-refractivity contribution in [2.75, 3.05) is 5.43 Å². The van der Waals surface area contributed by atoms with Gasteiger partial charge in [-0.2, -0.15) is 4.39 Å². The second-order valence-electron chi connectivity index (χ2n) is 3.47. The van der Waals surface area contributed by atoms with E-state index in [2.05, 4.69) is 10.4 Å². The van der Waals surface area contributed by atoms with E-state index < -0.39 is 0 Å². The fourth-order valence-electron chi connectivity index (χ4n) is 1.87. The molecule has 0 radical (unpaired) electrons. The molecule has 1 aromatic carbocycles. The van der Waals surface area contributed by atoms with Crippen molar-refractivity contribution in [3.8, 4) is 0 Å². The molecule has 0 aliphatic heterocycles. The zero-order chi connectivity index (χ0) is 11.1. The number of anilines is 1. The molecule has 3 rings (SSSR count). The molecule has 4 nitrogen and oxygen atoms in total. The van der Waals surface area contributed by atoms with Gasteiger partial charge in [0.1, 0.15) is 0 Å². The van der Waals surface area contributed by atoms with Crippen molar-refractivity contribution in [1.29, 1.82) is 0 Å². The maximum absolute atomic E-state index is 13.7. The summed E-state index contributed by atoms with van der Waals surface area (Å²) in [5.74, 6) is 5.50. The predicted octanol–water partition coefficient (Wildman–Crippen LogP) is 1.91. The SMILES string of the molecule is NNc1nc2ccccc2n2c(F)ccc12. The lowest BCUT2D eigenvalue weighted by Crippen LogP contribution is -2.10. The topological polar surface area (TPSA) is 55.3 Å². The number of aromatic nitrogens is 2. The van der Waals surface area contributed by atoms with E-state index in [4.69, 9.17) is 5.84 Å². The van der Waals surface area contributed by atoms with Crippen molar-refractivity contribution in [3.05, 3.63) is 42.3 Å². The first-order valence-electron chi connectivity index (χ1n) is 4.83. The van der Waals surface area contributed by atoms with Gasteiger partial charge in [-0.25, -0.2) is 10.8 Å². The van der Waals surface area contributed by atoms with Crippen molar-refractivity contribution in [2.45, 2.75) is 0 Å². The Kier molecular flexibility index (Phi) is 1.81. The molecule has 16 heavy (non-hydrogen) atoms. The van der Waals surface area contributed by atoms with Crippen molar-refractivity contribution in [1.82, 2.24) is 9.38 Å². The molecule has 2 aromatic heterocycles. The third-order valence-electron chi connectivity index (χ3n) is 2.57. The third-order valence-corrected chi connectivity index (χ3v) is 2.57. The van der Waals surface area contributed by atoms with Gasteiger partial charge in [0, 0.05) is 0 Å². The molecule has 0 aliphatic rings. The number of hydrogen-bond acceptors (Lipinski definition) is 3. The molecule has 0 saturated heterocycles. The van der Waals surface area contributed by atoms with Crippen LogP contribution in [0.2, 0.25) is 0 Å². The van der Waals surface area contributed by atoms with Crippen molar-refractivity contribution >= 4 is 22.4 Å². The first-order valence-corrected chi connectivity index (χ1v) is 4.83. The van der Waals surface area contributed by atoms with Crippen LogP contribution in [0.25, 0.3) is 16.6 Å². The van der Waals surface area contributed by atoms with E-state index in [-0.39, 0.29) is 5.95 Å². The summed E-state index contributed by atoms with van der Waals surface area (Å²) in [5.41, 5.74) is 4.51. The van der Waals surface area contributed by atoms with Crippen LogP contribution in [-0.4, -0.2) is 9.38 Å². The van der Waals surface area contributed by atoms with Gasteiger partial charge in [-0.1, -0.05) is 12.1 Å². The Hall–Kier alpha value is -2.14. The number of rotatable bonds is 1. The highest BCUT2D eigenvalue weighted by Crippen LogP contribution is 2.23. The Morgan fingerprint density at radius 3 is 2.75 bits per heavy atom. The molecule has 3 N–H and O–H groups in total. The lowest BCUT2D eigenvalue weighted by molar-refractivity contribution is 0.579. The van der Waals surface area contributed by atoms with Crippen LogP contribution in [0.3, 0.4) is 0 Å². The summed E-state index contributed by atoms with van der Waals surface area (Å²) in [6.45, 7) is 0. The summed E-state index contributed by atoms with van der Waals surface area (Å²) in [6, 6.07) is 10.4. The number of halogens is 1. The van der Waals surface area contributed by atoms with E-state index in [0.717, 1.165) is 5.52 Å². The van der Waals surface area contributed by atoms with Crippen molar-refractivity contribution < 1.29 is 4.39 Å². The van der Waals surface area contributed by atoms with Gasteiger partial charge >= 0.3 is 0 Å². The lowest BCUT2D eigenvalue weighted by Gasteiger charge is -2.07. The Morgan fingerprint density at radius 1 is 1.12 bits per heavy atom. The Labute approximate surface area is 90.5 Å². The third kappa shape index (κ3) is 1.09. The maximum Gasteiger partial charge on any atom is 0.198 e. The van der Waals surface area contributed by atoms with Crippen LogP contribution < -0.4 is 11.3 Å². The molecule has 0 fully saturated rings. The number of nitrogen functional groups attached to an aromatic ring is 1. The highest BCUT2D eigenvalue weighted by atomic mass is 19.1. The molecule has 0 bridgehead atoms. The van der Waals surface area contributed by atoms with Crippen LogP contribution in [0, 0.1) is 5.95 Å². The normalized spacial score (nSPS) is 11.1. The summed E-state index contributed by atoms with van der Waals surface area (Å²) in [6.07, 6.45) is 0. The second-order valence-corrected chi connectivity index (χ2v) is 3.47. The van der Waals surface area contributed by atoms with Gasteiger partial charge in [-0.15, -0.1) is 0 Å². The molecule has 5 heteroatoms. The zero-order valence-corrected chi connectivity index (χ0v) is 8.31. The molecule has 0 amide bonds. The van der Waals surface area contributed by atoms with Crippen LogP contribution in [0.1, 0.15) is 0 Å². The average Bonchev–Trinajstić information content (AvgIpc) is 2.71. The van der Waals surface area contributed by atoms with Gasteiger partial charge < -0.3 is 5.43 Å². The molecule has 3 aromatic rings. The number of hydrazine groups is 1. The molecule has 0 aliphatic carbocycles. The number of benzene rings is 1. The van der Waals surface area contributed by atoms with Crippen LogP contribution >= 0.6 is 0 Å². The zero-order valence-electron chi connectivity index (χ0n) is 8.31. The second kappa shape index (κ2) is 3.18. The largest absolute Gasteiger partial charge is 0.307 e.